The second-order valence-electron chi connectivity index (χ2n) is 4.07. The largest absolute Gasteiger partial charge is 0.274 e. The van der Waals surface area contributed by atoms with Crippen LogP contribution < -0.4 is 0 Å². The molecule has 1 heterocycles. The summed E-state index contributed by atoms with van der Waals surface area (Å²) in [5.41, 5.74) is 1.26. The van der Waals surface area contributed by atoms with Crippen molar-refractivity contribution >= 4 is 11.8 Å². The summed E-state index contributed by atoms with van der Waals surface area (Å²) in [6, 6.07) is 10.1. The van der Waals surface area contributed by atoms with Gasteiger partial charge in [0, 0.05) is 19.0 Å². The summed E-state index contributed by atoms with van der Waals surface area (Å²) in [7, 11) is 0. The van der Waals surface area contributed by atoms with Gasteiger partial charge in [0.15, 0.2) is 0 Å². The van der Waals surface area contributed by atoms with Gasteiger partial charge in [-0.1, -0.05) is 36.4 Å². The molecule has 0 saturated carbocycles. The fourth-order valence-corrected chi connectivity index (χ4v) is 1.83. The predicted octanol–water partition coefficient (Wildman–Crippen LogP) is 2.28. The first-order valence-electron chi connectivity index (χ1n) is 5.83. The van der Waals surface area contributed by atoms with E-state index in [0.29, 0.717) is 12.8 Å². The van der Waals surface area contributed by atoms with E-state index in [9.17, 15) is 9.59 Å². The topological polar surface area (TPSA) is 37.4 Å². The lowest BCUT2D eigenvalue weighted by Crippen LogP contribution is -2.22. The van der Waals surface area contributed by atoms with Crippen LogP contribution in [0.1, 0.15) is 24.8 Å². The molecule has 0 N–H and O–H groups in total. The van der Waals surface area contributed by atoms with Crippen LogP contribution in [0.25, 0.3) is 0 Å². The Morgan fingerprint density at radius 2 is 1.71 bits per heavy atom. The molecule has 2 rings (SSSR count). The van der Waals surface area contributed by atoms with E-state index in [1.807, 2.05) is 24.3 Å². The molecule has 0 bridgehead atoms. The SMILES string of the molecule is O=C1CCC(=O)N1/C=C\CCc1ccccc1. The highest BCUT2D eigenvalue weighted by Crippen LogP contribution is 2.12. The number of carbonyl (C=O) groups excluding carboxylic acids is 2. The van der Waals surface area contributed by atoms with Gasteiger partial charge in [-0.3, -0.25) is 14.5 Å². The Morgan fingerprint density at radius 3 is 2.35 bits per heavy atom. The summed E-state index contributed by atoms with van der Waals surface area (Å²) in [5, 5.41) is 0. The average molecular weight is 229 g/mol. The first kappa shape index (κ1) is 11.6. The minimum Gasteiger partial charge on any atom is -0.274 e. The fraction of sp³-hybridized carbons (Fsp3) is 0.286. The summed E-state index contributed by atoms with van der Waals surface area (Å²) in [4.78, 5) is 23.8. The number of rotatable bonds is 4. The number of nitrogens with zero attached hydrogens (tertiary/aromatic N) is 1. The zero-order valence-corrected chi connectivity index (χ0v) is 9.63. The number of carbonyl (C=O) groups is 2. The van der Waals surface area contributed by atoms with Crippen LogP contribution in [0.15, 0.2) is 42.6 Å². The smallest absolute Gasteiger partial charge is 0.233 e. The molecule has 0 atom stereocenters. The predicted molar refractivity (Wildman–Crippen MR) is 65.0 cm³/mol. The molecule has 1 fully saturated rings. The summed E-state index contributed by atoms with van der Waals surface area (Å²) in [6.07, 6.45) is 5.95. The third-order valence-corrected chi connectivity index (χ3v) is 2.79. The second-order valence-corrected chi connectivity index (χ2v) is 4.07. The Hall–Kier alpha value is -1.90. The van der Waals surface area contributed by atoms with Crippen molar-refractivity contribution in [3.63, 3.8) is 0 Å². The molecule has 1 aliphatic heterocycles. The quantitative estimate of drug-likeness (QED) is 0.743. The van der Waals surface area contributed by atoms with Gasteiger partial charge < -0.3 is 0 Å². The second kappa shape index (κ2) is 5.43. The van der Waals surface area contributed by atoms with Crippen molar-refractivity contribution in [2.75, 3.05) is 0 Å². The molecule has 1 saturated heterocycles. The number of aryl methyl sites for hydroxylation is 1. The van der Waals surface area contributed by atoms with Crippen LogP contribution in [0.4, 0.5) is 0 Å². The molecule has 1 aromatic rings. The molecule has 3 heteroatoms. The number of hydrogen-bond acceptors (Lipinski definition) is 2. The standard InChI is InChI=1S/C14H15NO2/c16-13-9-10-14(17)15(13)11-5-4-8-12-6-2-1-3-7-12/h1-3,5-7,11H,4,8-10H2/b11-5-. The number of imide groups is 1. The van der Waals surface area contributed by atoms with E-state index in [-0.39, 0.29) is 11.8 Å². The first-order chi connectivity index (χ1) is 8.27. The number of allylic oxidation sites excluding steroid dienone is 1. The molecule has 1 aliphatic rings. The third-order valence-electron chi connectivity index (χ3n) is 2.79. The van der Waals surface area contributed by atoms with Crippen LogP contribution in [0.5, 0.6) is 0 Å². The highest BCUT2D eigenvalue weighted by atomic mass is 16.2. The number of hydrogen-bond donors (Lipinski definition) is 0. The van der Waals surface area contributed by atoms with Crippen LogP contribution in [0.2, 0.25) is 0 Å². The fourth-order valence-electron chi connectivity index (χ4n) is 1.83. The molecule has 2 amide bonds. The van der Waals surface area contributed by atoms with Gasteiger partial charge in [-0.15, -0.1) is 0 Å². The molecule has 17 heavy (non-hydrogen) atoms. The van der Waals surface area contributed by atoms with Gasteiger partial charge in [-0.2, -0.15) is 0 Å². The van der Waals surface area contributed by atoms with Gasteiger partial charge in [0.2, 0.25) is 11.8 Å². The summed E-state index contributed by atoms with van der Waals surface area (Å²) in [5.74, 6) is -0.183. The van der Waals surface area contributed by atoms with Gasteiger partial charge in [0.05, 0.1) is 0 Å². The van der Waals surface area contributed by atoms with E-state index in [4.69, 9.17) is 0 Å². The molecule has 0 aromatic heterocycles. The van der Waals surface area contributed by atoms with Crippen LogP contribution in [-0.2, 0) is 16.0 Å². The molecular weight excluding hydrogens is 214 g/mol. The number of likely N-dealkylation sites (tertiary alicyclic amines) is 1. The highest BCUT2D eigenvalue weighted by molar-refractivity contribution is 6.02. The third kappa shape index (κ3) is 3.03. The van der Waals surface area contributed by atoms with Crippen molar-refractivity contribution in [3.05, 3.63) is 48.2 Å². The molecule has 0 unspecified atom stereocenters. The van der Waals surface area contributed by atoms with E-state index in [0.717, 1.165) is 12.8 Å². The van der Waals surface area contributed by atoms with Crippen LogP contribution in [-0.4, -0.2) is 16.7 Å². The lowest BCUT2D eigenvalue weighted by atomic mass is 10.1. The van der Waals surface area contributed by atoms with Crippen molar-refractivity contribution in [2.24, 2.45) is 0 Å². The maximum Gasteiger partial charge on any atom is 0.233 e. The van der Waals surface area contributed by atoms with Crippen LogP contribution in [0.3, 0.4) is 0 Å². The molecule has 0 aliphatic carbocycles. The van der Waals surface area contributed by atoms with Crippen molar-refractivity contribution < 1.29 is 9.59 Å². The van der Waals surface area contributed by atoms with E-state index in [1.54, 1.807) is 6.20 Å². The summed E-state index contributed by atoms with van der Waals surface area (Å²) < 4.78 is 0. The van der Waals surface area contributed by atoms with Crippen LogP contribution in [0, 0.1) is 0 Å². The summed E-state index contributed by atoms with van der Waals surface area (Å²) >= 11 is 0. The van der Waals surface area contributed by atoms with Gasteiger partial charge >= 0.3 is 0 Å². The number of amides is 2. The van der Waals surface area contributed by atoms with Crippen LogP contribution >= 0.6 is 0 Å². The Bertz CT molecular complexity index is 421. The lowest BCUT2D eigenvalue weighted by Gasteiger charge is -2.06. The van der Waals surface area contributed by atoms with Gasteiger partial charge in [0.1, 0.15) is 0 Å². The Balaban J connectivity index is 1.82. The Morgan fingerprint density at radius 1 is 1.06 bits per heavy atom. The highest BCUT2D eigenvalue weighted by Gasteiger charge is 2.26. The zero-order chi connectivity index (χ0) is 12.1. The average Bonchev–Trinajstić information content (AvgIpc) is 2.67. The molecule has 0 spiro atoms. The van der Waals surface area contributed by atoms with Crippen molar-refractivity contribution in [1.29, 1.82) is 0 Å². The molecule has 1 aromatic carbocycles. The minimum absolute atomic E-state index is 0.0917. The van der Waals surface area contributed by atoms with Gasteiger partial charge in [-0.05, 0) is 18.4 Å². The normalized spacial score (nSPS) is 16.1. The zero-order valence-electron chi connectivity index (χ0n) is 9.63. The minimum atomic E-state index is -0.0917. The van der Waals surface area contributed by atoms with Crippen molar-refractivity contribution in [1.82, 2.24) is 4.90 Å². The van der Waals surface area contributed by atoms with E-state index in [1.165, 1.54) is 10.5 Å². The Labute approximate surface area is 101 Å². The van der Waals surface area contributed by atoms with Gasteiger partial charge in [0.25, 0.3) is 0 Å². The maximum atomic E-state index is 11.3. The molecule has 88 valence electrons. The van der Waals surface area contributed by atoms with E-state index < -0.39 is 0 Å². The molecule has 3 nitrogen and oxygen atoms in total. The first-order valence-corrected chi connectivity index (χ1v) is 5.83. The molecule has 0 radical (unpaired) electrons. The van der Waals surface area contributed by atoms with E-state index >= 15 is 0 Å². The maximum absolute atomic E-state index is 11.3. The number of benzene rings is 1. The van der Waals surface area contributed by atoms with Crippen molar-refractivity contribution in [3.8, 4) is 0 Å². The lowest BCUT2D eigenvalue weighted by molar-refractivity contribution is -0.135. The van der Waals surface area contributed by atoms with E-state index in [2.05, 4.69) is 12.1 Å². The molecular formula is C14H15NO2. The van der Waals surface area contributed by atoms with Gasteiger partial charge in [-0.25, -0.2) is 0 Å². The van der Waals surface area contributed by atoms with Crippen molar-refractivity contribution in [2.45, 2.75) is 25.7 Å². The summed E-state index contributed by atoms with van der Waals surface area (Å²) in [6.45, 7) is 0. The Kier molecular flexibility index (Phi) is 3.70. The monoisotopic (exact) mass is 229 g/mol.